The molecule has 2 heteroatoms. The molecule has 0 fully saturated rings. The van der Waals surface area contributed by atoms with Crippen molar-refractivity contribution in [2.75, 3.05) is 19.8 Å². The van der Waals surface area contributed by atoms with Gasteiger partial charge in [0.15, 0.2) is 0 Å². The first kappa shape index (κ1) is 21.9. The maximum Gasteiger partial charge on any atom is 0.0588 e. The van der Waals surface area contributed by atoms with Gasteiger partial charge in [0.2, 0.25) is 0 Å². The zero-order valence-corrected chi connectivity index (χ0v) is 15.4. The fraction of sp³-hybridized carbons (Fsp3) is 1.00. The minimum atomic E-state index is 0.652. The molecule has 0 radical (unpaired) electrons. The Labute approximate surface area is 140 Å². The molecule has 0 bridgehead atoms. The van der Waals surface area contributed by atoms with E-state index in [0.29, 0.717) is 6.54 Å². The van der Waals surface area contributed by atoms with Crippen molar-refractivity contribution in [1.82, 2.24) is 0 Å². The van der Waals surface area contributed by atoms with E-state index in [1.807, 2.05) is 0 Å². The summed E-state index contributed by atoms with van der Waals surface area (Å²) in [4.78, 5) is 0. The minimum Gasteiger partial charge on any atom is -0.380 e. The summed E-state index contributed by atoms with van der Waals surface area (Å²) in [6, 6.07) is 0. The standard InChI is InChI=1S/C20H43NO/c1-2-3-4-5-6-7-8-9-10-11-12-13-14-15-16-17-19-22-20-18-21/h2-21H2,1H3. The number of rotatable bonds is 19. The molecule has 0 aromatic carbocycles. The van der Waals surface area contributed by atoms with Gasteiger partial charge in [-0.25, -0.2) is 0 Å². The molecule has 0 amide bonds. The van der Waals surface area contributed by atoms with Gasteiger partial charge in [0.05, 0.1) is 6.61 Å². The van der Waals surface area contributed by atoms with Crippen LogP contribution in [0.5, 0.6) is 0 Å². The molecule has 0 atom stereocenters. The highest BCUT2D eigenvalue weighted by molar-refractivity contribution is 4.50. The van der Waals surface area contributed by atoms with Crippen molar-refractivity contribution in [2.24, 2.45) is 5.73 Å². The molecule has 0 aliphatic carbocycles. The van der Waals surface area contributed by atoms with Crippen molar-refractivity contribution in [3.8, 4) is 0 Å². The van der Waals surface area contributed by atoms with Crippen molar-refractivity contribution in [3.05, 3.63) is 0 Å². The molecule has 0 unspecified atom stereocenters. The van der Waals surface area contributed by atoms with Gasteiger partial charge < -0.3 is 10.5 Å². The van der Waals surface area contributed by atoms with Gasteiger partial charge in [-0.15, -0.1) is 0 Å². The van der Waals surface area contributed by atoms with Crippen molar-refractivity contribution in [2.45, 2.75) is 110 Å². The maximum absolute atomic E-state index is 5.38. The number of hydrogen-bond acceptors (Lipinski definition) is 2. The molecular formula is C20H43NO. The Morgan fingerprint density at radius 3 is 1.23 bits per heavy atom. The minimum absolute atomic E-state index is 0.652. The Kier molecular flexibility index (Phi) is 20.8. The molecule has 0 aliphatic rings. The normalized spacial score (nSPS) is 11.2. The summed E-state index contributed by atoms with van der Waals surface area (Å²) in [5, 5.41) is 0. The van der Waals surface area contributed by atoms with Crippen molar-refractivity contribution >= 4 is 0 Å². The summed E-state index contributed by atoms with van der Waals surface area (Å²) in [6.45, 7) is 4.56. The molecule has 22 heavy (non-hydrogen) atoms. The van der Waals surface area contributed by atoms with Crippen LogP contribution in [0, 0.1) is 0 Å². The highest BCUT2D eigenvalue weighted by atomic mass is 16.5. The first-order valence-corrected chi connectivity index (χ1v) is 10.2. The topological polar surface area (TPSA) is 35.2 Å². The highest BCUT2D eigenvalue weighted by Crippen LogP contribution is 2.13. The van der Waals surface area contributed by atoms with Gasteiger partial charge in [-0.05, 0) is 6.42 Å². The predicted molar refractivity (Wildman–Crippen MR) is 99.4 cm³/mol. The molecule has 2 N–H and O–H groups in total. The van der Waals surface area contributed by atoms with Crippen LogP contribution in [0.4, 0.5) is 0 Å². The summed E-state index contributed by atoms with van der Waals surface area (Å²) in [5.74, 6) is 0. The molecule has 0 heterocycles. The average Bonchev–Trinajstić information content (AvgIpc) is 2.54. The summed E-state index contributed by atoms with van der Waals surface area (Å²) >= 11 is 0. The predicted octanol–water partition coefficient (Wildman–Crippen LogP) is 6.22. The third-order valence-electron chi connectivity index (χ3n) is 4.40. The van der Waals surface area contributed by atoms with Crippen molar-refractivity contribution in [3.63, 3.8) is 0 Å². The SMILES string of the molecule is CCCCCCCCCCCCCCCCCCOCCN. The van der Waals surface area contributed by atoms with Gasteiger partial charge in [-0.2, -0.15) is 0 Å². The second kappa shape index (κ2) is 20.9. The van der Waals surface area contributed by atoms with Gasteiger partial charge >= 0.3 is 0 Å². The fourth-order valence-electron chi connectivity index (χ4n) is 2.94. The Balaban J connectivity index is 2.91. The number of unbranched alkanes of at least 4 members (excludes halogenated alkanes) is 15. The first-order chi connectivity index (χ1) is 10.9. The lowest BCUT2D eigenvalue weighted by Crippen LogP contribution is -2.08. The molecule has 0 rings (SSSR count). The molecule has 0 aromatic heterocycles. The van der Waals surface area contributed by atoms with Crippen LogP contribution in [0.3, 0.4) is 0 Å². The molecular weight excluding hydrogens is 270 g/mol. The van der Waals surface area contributed by atoms with Crippen LogP contribution >= 0.6 is 0 Å². The largest absolute Gasteiger partial charge is 0.380 e. The lowest BCUT2D eigenvalue weighted by Gasteiger charge is -2.04. The van der Waals surface area contributed by atoms with E-state index in [1.165, 1.54) is 103 Å². The van der Waals surface area contributed by atoms with Crippen LogP contribution in [0.25, 0.3) is 0 Å². The molecule has 0 saturated heterocycles. The number of ether oxygens (including phenoxy) is 1. The molecule has 0 aliphatic heterocycles. The monoisotopic (exact) mass is 313 g/mol. The van der Waals surface area contributed by atoms with Crippen LogP contribution < -0.4 is 5.73 Å². The first-order valence-electron chi connectivity index (χ1n) is 10.2. The van der Waals surface area contributed by atoms with E-state index in [4.69, 9.17) is 10.5 Å². The van der Waals surface area contributed by atoms with Crippen molar-refractivity contribution < 1.29 is 4.74 Å². The second-order valence-electron chi connectivity index (χ2n) is 6.70. The lowest BCUT2D eigenvalue weighted by atomic mass is 10.0. The maximum atomic E-state index is 5.38. The van der Waals surface area contributed by atoms with E-state index >= 15 is 0 Å². The van der Waals surface area contributed by atoms with E-state index < -0.39 is 0 Å². The summed E-state index contributed by atoms with van der Waals surface area (Å²) in [7, 11) is 0. The molecule has 0 spiro atoms. The zero-order chi connectivity index (χ0) is 16.1. The van der Waals surface area contributed by atoms with E-state index in [1.54, 1.807) is 0 Å². The highest BCUT2D eigenvalue weighted by Gasteiger charge is 1.94. The van der Waals surface area contributed by atoms with Crippen molar-refractivity contribution in [1.29, 1.82) is 0 Å². The Morgan fingerprint density at radius 1 is 0.500 bits per heavy atom. The lowest BCUT2D eigenvalue weighted by molar-refractivity contribution is 0.137. The number of hydrogen-bond donors (Lipinski definition) is 1. The molecule has 2 nitrogen and oxygen atoms in total. The van der Waals surface area contributed by atoms with Crippen LogP contribution in [-0.2, 0) is 4.74 Å². The van der Waals surface area contributed by atoms with E-state index in [9.17, 15) is 0 Å². The molecule has 134 valence electrons. The Bertz CT molecular complexity index is 165. The fourth-order valence-corrected chi connectivity index (χ4v) is 2.94. The van der Waals surface area contributed by atoms with Gasteiger partial charge in [0, 0.05) is 13.2 Å². The second-order valence-corrected chi connectivity index (χ2v) is 6.70. The molecule has 0 aromatic rings. The third-order valence-corrected chi connectivity index (χ3v) is 4.40. The van der Waals surface area contributed by atoms with Crippen LogP contribution in [0.2, 0.25) is 0 Å². The third kappa shape index (κ3) is 19.9. The van der Waals surface area contributed by atoms with Crippen LogP contribution in [0.15, 0.2) is 0 Å². The van der Waals surface area contributed by atoms with E-state index in [2.05, 4.69) is 6.92 Å². The average molecular weight is 314 g/mol. The van der Waals surface area contributed by atoms with E-state index in [-0.39, 0.29) is 0 Å². The van der Waals surface area contributed by atoms with Crippen LogP contribution in [0.1, 0.15) is 110 Å². The van der Waals surface area contributed by atoms with Gasteiger partial charge in [0.1, 0.15) is 0 Å². The van der Waals surface area contributed by atoms with Gasteiger partial charge in [-0.3, -0.25) is 0 Å². The Morgan fingerprint density at radius 2 is 0.864 bits per heavy atom. The van der Waals surface area contributed by atoms with E-state index in [0.717, 1.165) is 13.2 Å². The van der Waals surface area contributed by atoms with Gasteiger partial charge in [-0.1, -0.05) is 103 Å². The van der Waals surface area contributed by atoms with Gasteiger partial charge in [0.25, 0.3) is 0 Å². The van der Waals surface area contributed by atoms with Crippen LogP contribution in [-0.4, -0.2) is 19.8 Å². The molecule has 0 saturated carbocycles. The summed E-state index contributed by atoms with van der Waals surface area (Å²) in [6.07, 6.45) is 22.7. The smallest absolute Gasteiger partial charge is 0.0588 e. The Hall–Kier alpha value is -0.0800. The zero-order valence-electron chi connectivity index (χ0n) is 15.4. The summed E-state index contributed by atoms with van der Waals surface area (Å²) in [5.41, 5.74) is 5.38. The summed E-state index contributed by atoms with van der Waals surface area (Å²) < 4.78 is 5.38. The number of nitrogens with two attached hydrogens (primary N) is 1. The quantitative estimate of drug-likeness (QED) is 0.287.